The molecule has 2 N–H and O–H groups in total. The molecule has 3 heteroatoms. The summed E-state index contributed by atoms with van der Waals surface area (Å²) in [4.78, 5) is 10.4. The smallest absolute Gasteiger partial charge is 0.320 e. The molecule has 1 saturated heterocycles. The highest BCUT2D eigenvalue weighted by Crippen LogP contribution is 2.26. The van der Waals surface area contributed by atoms with Crippen molar-refractivity contribution in [2.75, 3.05) is 6.54 Å². The van der Waals surface area contributed by atoms with Gasteiger partial charge in [0.25, 0.3) is 0 Å². The molecule has 1 fully saturated rings. The Morgan fingerprint density at radius 1 is 1.70 bits per heavy atom. The van der Waals surface area contributed by atoms with Gasteiger partial charge in [0.1, 0.15) is 6.04 Å². The fourth-order valence-electron chi connectivity index (χ4n) is 1.27. The molecule has 1 atom stereocenters. The molecule has 0 radical (unpaired) electrons. The largest absolute Gasteiger partial charge is 0.480 e. The van der Waals surface area contributed by atoms with Crippen LogP contribution >= 0.6 is 0 Å². The van der Waals surface area contributed by atoms with E-state index in [0.717, 1.165) is 13.0 Å². The van der Waals surface area contributed by atoms with Crippen molar-refractivity contribution in [2.45, 2.75) is 26.3 Å². The fraction of sp³-hybridized carbons (Fsp3) is 0.857. The summed E-state index contributed by atoms with van der Waals surface area (Å²) in [5.74, 6) is -0.731. The predicted molar refractivity (Wildman–Crippen MR) is 37.8 cm³/mol. The topological polar surface area (TPSA) is 49.3 Å². The Morgan fingerprint density at radius 2 is 2.30 bits per heavy atom. The quantitative estimate of drug-likeness (QED) is 0.560. The van der Waals surface area contributed by atoms with Crippen molar-refractivity contribution in [1.29, 1.82) is 0 Å². The van der Waals surface area contributed by atoms with E-state index in [1.165, 1.54) is 0 Å². The van der Waals surface area contributed by atoms with Gasteiger partial charge >= 0.3 is 5.97 Å². The van der Waals surface area contributed by atoms with Gasteiger partial charge in [0.2, 0.25) is 0 Å². The summed E-state index contributed by atoms with van der Waals surface area (Å²) in [7, 11) is 0. The van der Waals surface area contributed by atoms with E-state index in [0.29, 0.717) is 0 Å². The molecule has 0 saturated carbocycles. The van der Waals surface area contributed by atoms with Crippen LogP contribution < -0.4 is 5.32 Å². The predicted octanol–water partition coefficient (Wildman–Crippen LogP) is 0.459. The van der Waals surface area contributed by atoms with Crippen LogP contribution in [0.2, 0.25) is 0 Å². The van der Waals surface area contributed by atoms with Crippen LogP contribution in [-0.4, -0.2) is 23.7 Å². The third-order valence-corrected chi connectivity index (χ3v) is 1.88. The first kappa shape index (κ1) is 7.54. The molecule has 1 heterocycles. The van der Waals surface area contributed by atoms with Crippen molar-refractivity contribution in [3.8, 4) is 0 Å². The van der Waals surface area contributed by atoms with Crippen LogP contribution in [0.3, 0.4) is 0 Å². The molecule has 10 heavy (non-hydrogen) atoms. The molecule has 0 aromatic rings. The van der Waals surface area contributed by atoms with E-state index in [1.54, 1.807) is 0 Å². The van der Waals surface area contributed by atoms with Crippen LogP contribution in [0.15, 0.2) is 0 Å². The van der Waals surface area contributed by atoms with Crippen LogP contribution in [0.4, 0.5) is 0 Å². The average molecular weight is 143 g/mol. The Labute approximate surface area is 60.4 Å². The fourth-order valence-corrected chi connectivity index (χ4v) is 1.27. The molecule has 1 rings (SSSR count). The molecular formula is C7H13NO2. The van der Waals surface area contributed by atoms with Crippen molar-refractivity contribution < 1.29 is 9.90 Å². The number of rotatable bonds is 1. The molecule has 0 amide bonds. The van der Waals surface area contributed by atoms with Crippen LogP contribution in [0.1, 0.15) is 20.3 Å². The van der Waals surface area contributed by atoms with E-state index >= 15 is 0 Å². The monoisotopic (exact) mass is 143 g/mol. The number of aliphatic carboxylic acids is 1. The molecule has 3 nitrogen and oxygen atoms in total. The van der Waals surface area contributed by atoms with Gasteiger partial charge in [-0.25, -0.2) is 0 Å². The minimum Gasteiger partial charge on any atom is -0.480 e. The lowest BCUT2D eigenvalue weighted by molar-refractivity contribution is -0.139. The van der Waals surface area contributed by atoms with Gasteiger partial charge in [0.05, 0.1) is 0 Å². The Bertz CT molecular complexity index is 154. The average Bonchev–Trinajstić information content (AvgIpc) is 2.10. The van der Waals surface area contributed by atoms with Crippen LogP contribution in [0.5, 0.6) is 0 Å². The number of nitrogens with one attached hydrogen (secondary N) is 1. The second-order valence-corrected chi connectivity index (χ2v) is 3.64. The summed E-state index contributed by atoms with van der Waals surface area (Å²) >= 11 is 0. The van der Waals surface area contributed by atoms with E-state index in [1.807, 2.05) is 0 Å². The lowest BCUT2D eigenvalue weighted by Crippen LogP contribution is -2.29. The summed E-state index contributed by atoms with van der Waals surface area (Å²) in [6.45, 7) is 4.95. The van der Waals surface area contributed by atoms with E-state index < -0.39 is 5.97 Å². The molecule has 58 valence electrons. The maximum atomic E-state index is 10.4. The van der Waals surface area contributed by atoms with E-state index in [-0.39, 0.29) is 11.5 Å². The normalized spacial score (nSPS) is 30.4. The molecule has 0 bridgehead atoms. The Morgan fingerprint density at radius 3 is 2.50 bits per heavy atom. The van der Waals surface area contributed by atoms with Gasteiger partial charge in [0.15, 0.2) is 0 Å². The molecular weight excluding hydrogens is 130 g/mol. The zero-order valence-corrected chi connectivity index (χ0v) is 6.35. The summed E-state index contributed by atoms with van der Waals surface area (Å²) in [5, 5.41) is 11.5. The standard InChI is InChI=1S/C7H13NO2/c1-7(2)3-5(6(9)10)8-4-7/h5,8H,3-4H2,1-2H3,(H,9,10). The minimum atomic E-state index is -0.731. The maximum absolute atomic E-state index is 10.4. The Hall–Kier alpha value is -0.570. The van der Waals surface area contributed by atoms with Crippen LogP contribution in [0.25, 0.3) is 0 Å². The molecule has 1 unspecified atom stereocenters. The maximum Gasteiger partial charge on any atom is 0.320 e. The van der Waals surface area contributed by atoms with E-state index in [2.05, 4.69) is 19.2 Å². The van der Waals surface area contributed by atoms with Gasteiger partial charge in [-0.1, -0.05) is 13.8 Å². The van der Waals surface area contributed by atoms with Gasteiger partial charge in [-0.2, -0.15) is 0 Å². The molecule has 1 aliphatic rings. The van der Waals surface area contributed by atoms with Crippen molar-refractivity contribution in [2.24, 2.45) is 5.41 Å². The third-order valence-electron chi connectivity index (χ3n) is 1.88. The summed E-state index contributed by atoms with van der Waals surface area (Å²) < 4.78 is 0. The number of hydrogen-bond acceptors (Lipinski definition) is 2. The van der Waals surface area contributed by atoms with Gasteiger partial charge in [-0.3, -0.25) is 4.79 Å². The number of carboxylic acids is 1. The summed E-state index contributed by atoms with van der Waals surface area (Å²) in [6, 6.07) is -0.324. The number of carboxylic acid groups (broad SMARTS) is 1. The number of hydrogen-bond donors (Lipinski definition) is 2. The van der Waals surface area contributed by atoms with Crippen molar-refractivity contribution >= 4 is 5.97 Å². The van der Waals surface area contributed by atoms with Gasteiger partial charge in [-0.05, 0) is 11.8 Å². The second kappa shape index (κ2) is 2.23. The lowest BCUT2D eigenvalue weighted by atomic mass is 9.91. The first-order valence-electron chi connectivity index (χ1n) is 3.47. The van der Waals surface area contributed by atoms with Crippen molar-refractivity contribution in [1.82, 2.24) is 5.32 Å². The van der Waals surface area contributed by atoms with Crippen LogP contribution in [0, 0.1) is 5.41 Å². The lowest BCUT2D eigenvalue weighted by Gasteiger charge is -2.13. The molecule has 0 spiro atoms. The van der Waals surface area contributed by atoms with Gasteiger partial charge in [-0.15, -0.1) is 0 Å². The van der Waals surface area contributed by atoms with Crippen LogP contribution in [-0.2, 0) is 4.79 Å². The van der Waals surface area contributed by atoms with Crippen molar-refractivity contribution in [3.05, 3.63) is 0 Å². The summed E-state index contributed by atoms with van der Waals surface area (Å²) in [5.41, 5.74) is 0.156. The zero-order valence-electron chi connectivity index (χ0n) is 6.35. The molecule has 0 aliphatic carbocycles. The molecule has 1 aliphatic heterocycles. The van der Waals surface area contributed by atoms with E-state index in [4.69, 9.17) is 5.11 Å². The van der Waals surface area contributed by atoms with E-state index in [9.17, 15) is 4.79 Å². The van der Waals surface area contributed by atoms with Gasteiger partial charge in [0, 0.05) is 6.54 Å². The second-order valence-electron chi connectivity index (χ2n) is 3.64. The SMILES string of the molecule is CC1(C)CNC(C(=O)O)C1. The van der Waals surface area contributed by atoms with Gasteiger partial charge < -0.3 is 10.4 Å². The Balaban J connectivity index is 2.51. The summed E-state index contributed by atoms with van der Waals surface area (Å²) in [6.07, 6.45) is 0.738. The highest BCUT2D eigenvalue weighted by Gasteiger charge is 2.34. The Kier molecular flexibility index (Phi) is 1.68. The molecule has 0 aromatic heterocycles. The first-order valence-corrected chi connectivity index (χ1v) is 3.47. The third kappa shape index (κ3) is 1.48. The number of carbonyl (C=O) groups is 1. The highest BCUT2D eigenvalue weighted by atomic mass is 16.4. The van der Waals surface area contributed by atoms with Crippen molar-refractivity contribution in [3.63, 3.8) is 0 Å². The first-order chi connectivity index (χ1) is 4.51. The highest BCUT2D eigenvalue weighted by molar-refractivity contribution is 5.73. The minimum absolute atomic E-state index is 0.156. The zero-order chi connectivity index (χ0) is 7.78. The molecule has 0 aromatic carbocycles.